The van der Waals surface area contributed by atoms with Crippen molar-refractivity contribution in [1.82, 2.24) is 35.2 Å². The van der Waals surface area contributed by atoms with Gasteiger partial charge in [0.05, 0.1) is 11.7 Å². The van der Waals surface area contributed by atoms with Crippen molar-refractivity contribution >= 4 is 23.1 Å². The first-order valence-corrected chi connectivity index (χ1v) is 19.8. The van der Waals surface area contributed by atoms with Crippen molar-refractivity contribution in [3.05, 3.63) is 118 Å². The number of aromatic nitrogens is 7. The predicted molar refractivity (Wildman–Crippen MR) is 217 cm³/mol. The number of H-pyrrole nitrogens is 1. The first-order chi connectivity index (χ1) is 26.7. The average Bonchev–Trinajstić information content (AvgIpc) is 3.82. The van der Waals surface area contributed by atoms with Crippen LogP contribution in [0.3, 0.4) is 0 Å². The van der Waals surface area contributed by atoms with Crippen LogP contribution in [0.4, 0.5) is 13.2 Å². The molecule has 0 saturated heterocycles. The molecule has 4 aliphatic carbocycles. The van der Waals surface area contributed by atoms with Crippen LogP contribution in [0.25, 0.3) is 22.8 Å². The summed E-state index contributed by atoms with van der Waals surface area (Å²) in [5.74, 6) is 1.50. The standard InChI is InChI=1S/C36H42BN3.C9H7F3N4.Pt/c1-22-10-24(3)34(25(4)11-22)37(35-26(5)12-23(2)13-27(35)6)32-9-7-8-31(17-32)33-21-40(39-38-33)36-18-28-14-29(19-36)16-30(15-28)20-36;1-5-2-3-13-6(4-5)7-14-8(16-15-7)9(10,11)12;/h7-13,17,21,28-30H,14-16,18-20H2,1-6H3;2-4H,1H3,(H,14,15,16);/q;;+2. The predicted octanol–water partition coefficient (Wildman–Crippen LogP) is 8.43. The van der Waals surface area contributed by atoms with Crippen LogP contribution in [0.5, 0.6) is 0 Å². The average molecular weight is 951 g/mol. The van der Waals surface area contributed by atoms with Gasteiger partial charge < -0.3 is 0 Å². The van der Waals surface area contributed by atoms with Crippen LogP contribution in [0.2, 0.25) is 0 Å². The Morgan fingerprint density at radius 1 is 0.719 bits per heavy atom. The molecule has 0 atom stereocenters. The number of nitrogens with one attached hydrogen (secondary N) is 1. The summed E-state index contributed by atoms with van der Waals surface area (Å²) in [6.07, 6.45) is 7.46. The fourth-order valence-corrected chi connectivity index (χ4v) is 10.8. The molecule has 3 aromatic heterocycles. The van der Waals surface area contributed by atoms with Crippen LogP contribution in [0.1, 0.15) is 83.3 Å². The van der Waals surface area contributed by atoms with Gasteiger partial charge in [-0.3, -0.25) is 10.1 Å². The Kier molecular flexibility index (Phi) is 11.3. The molecule has 3 heterocycles. The molecular weight excluding hydrogens is 901 g/mol. The largest absolute Gasteiger partial charge is 2.00 e. The molecule has 0 amide bonds. The van der Waals surface area contributed by atoms with E-state index in [0.717, 1.165) is 29.0 Å². The summed E-state index contributed by atoms with van der Waals surface area (Å²) in [6.45, 7) is 15.5. The van der Waals surface area contributed by atoms with E-state index in [1.54, 1.807) is 12.1 Å². The Morgan fingerprint density at radius 2 is 1.28 bits per heavy atom. The van der Waals surface area contributed by atoms with E-state index >= 15 is 0 Å². The summed E-state index contributed by atoms with van der Waals surface area (Å²) in [5.41, 5.74) is 15.8. The Morgan fingerprint density at radius 3 is 1.79 bits per heavy atom. The number of pyridine rings is 1. The molecule has 57 heavy (non-hydrogen) atoms. The van der Waals surface area contributed by atoms with Crippen LogP contribution in [-0.2, 0) is 32.8 Å². The number of alkyl halides is 3. The molecule has 4 aliphatic rings. The summed E-state index contributed by atoms with van der Waals surface area (Å²) in [4.78, 5) is 7.23. The zero-order valence-corrected chi connectivity index (χ0v) is 35.9. The van der Waals surface area contributed by atoms with Gasteiger partial charge in [0.1, 0.15) is 11.4 Å². The number of aryl methyl sites for hydroxylation is 7. The molecule has 12 heteroatoms. The SMILES string of the molecule is Cc1cc(C)c(B(c2cccc(-c3cn(C45CC6CC(CC(C6)C4)C5)nn3)c2)c2c(C)cc(C)cc2C)c(C)c1.Cc1ccnc(-c2n[nH]c(C(F)(F)F)n2)c1.[Pt+2]. The fraction of sp³-hybridized carbons (Fsp3) is 0.400. The first-order valence-electron chi connectivity index (χ1n) is 19.8. The van der Waals surface area contributed by atoms with Gasteiger partial charge in [0, 0.05) is 11.8 Å². The molecule has 4 saturated carbocycles. The van der Waals surface area contributed by atoms with Gasteiger partial charge in [-0.2, -0.15) is 18.3 Å². The molecule has 0 radical (unpaired) electrons. The van der Waals surface area contributed by atoms with Crippen molar-refractivity contribution in [2.45, 2.75) is 98.7 Å². The third-order valence-electron chi connectivity index (χ3n) is 12.5. The molecule has 3 aromatic carbocycles. The van der Waals surface area contributed by atoms with E-state index < -0.39 is 12.0 Å². The molecule has 7 nitrogen and oxygen atoms in total. The third kappa shape index (κ3) is 8.19. The van der Waals surface area contributed by atoms with E-state index in [4.69, 9.17) is 10.3 Å². The summed E-state index contributed by atoms with van der Waals surface area (Å²) >= 11 is 0. The molecule has 0 spiro atoms. The zero-order valence-electron chi connectivity index (χ0n) is 33.6. The second kappa shape index (κ2) is 15.8. The minimum absolute atomic E-state index is 0. The third-order valence-corrected chi connectivity index (χ3v) is 12.5. The molecule has 10 rings (SSSR count). The topological polar surface area (TPSA) is 85.2 Å². The van der Waals surface area contributed by atoms with Crippen LogP contribution in [0.15, 0.2) is 73.1 Å². The second-order valence-corrected chi connectivity index (χ2v) is 17.1. The maximum Gasteiger partial charge on any atom is 2.00 e. The van der Waals surface area contributed by atoms with Gasteiger partial charge >= 0.3 is 27.2 Å². The van der Waals surface area contributed by atoms with Crippen LogP contribution in [-0.4, -0.2) is 41.9 Å². The maximum absolute atomic E-state index is 12.2. The zero-order chi connectivity index (χ0) is 39.5. The minimum Gasteiger partial charge on any atom is -0.255 e. The number of benzene rings is 3. The van der Waals surface area contributed by atoms with E-state index in [2.05, 4.69) is 116 Å². The maximum atomic E-state index is 12.2. The Labute approximate surface area is 348 Å². The molecular formula is C45H49BF3N7Pt+2. The van der Waals surface area contributed by atoms with Crippen molar-refractivity contribution < 1.29 is 34.2 Å². The normalized spacial score (nSPS) is 20.8. The summed E-state index contributed by atoms with van der Waals surface area (Å²) < 4.78 is 39.0. The molecule has 4 fully saturated rings. The number of halogens is 3. The van der Waals surface area contributed by atoms with Crippen molar-refractivity contribution in [3.8, 4) is 22.8 Å². The van der Waals surface area contributed by atoms with Crippen LogP contribution < -0.4 is 16.4 Å². The van der Waals surface area contributed by atoms with Gasteiger partial charge in [-0.1, -0.05) is 104 Å². The number of aromatic amines is 1. The Balaban J connectivity index is 0.000000246. The molecule has 1 N–H and O–H groups in total. The van der Waals surface area contributed by atoms with E-state index in [0.29, 0.717) is 5.69 Å². The molecule has 296 valence electrons. The number of rotatable bonds is 6. The smallest absolute Gasteiger partial charge is 0.255 e. The van der Waals surface area contributed by atoms with Crippen LogP contribution in [0, 0.1) is 66.2 Å². The van der Waals surface area contributed by atoms with Crippen LogP contribution >= 0.6 is 0 Å². The van der Waals surface area contributed by atoms with Gasteiger partial charge in [-0.05, 0) is 122 Å². The summed E-state index contributed by atoms with van der Waals surface area (Å²) in [6, 6.07) is 21.9. The van der Waals surface area contributed by atoms with E-state index in [1.165, 1.54) is 100 Å². The second-order valence-electron chi connectivity index (χ2n) is 17.1. The van der Waals surface area contributed by atoms with E-state index in [1.807, 2.05) is 12.0 Å². The summed E-state index contributed by atoms with van der Waals surface area (Å²) in [7, 11) is 0. The molecule has 0 unspecified atom stereocenters. The van der Waals surface area contributed by atoms with Gasteiger partial charge in [-0.25, -0.2) is 9.67 Å². The molecule has 4 bridgehead atoms. The summed E-state index contributed by atoms with van der Waals surface area (Å²) in [5, 5.41) is 14.9. The fourth-order valence-electron chi connectivity index (χ4n) is 10.8. The Bertz CT molecular complexity index is 2280. The first kappa shape index (κ1) is 40.8. The molecule has 0 aliphatic heterocycles. The number of hydrogen-bond donors (Lipinski definition) is 1. The monoisotopic (exact) mass is 950 g/mol. The van der Waals surface area contributed by atoms with Crippen molar-refractivity contribution in [3.63, 3.8) is 0 Å². The van der Waals surface area contributed by atoms with E-state index in [9.17, 15) is 13.2 Å². The Hall–Kier alpha value is -4.37. The van der Waals surface area contributed by atoms with E-state index in [-0.39, 0.29) is 39.1 Å². The van der Waals surface area contributed by atoms with Crippen molar-refractivity contribution in [2.75, 3.05) is 0 Å². The number of nitrogens with zero attached hydrogens (tertiary/aromatic N) is 6. The number of hydrogen-bond acceptors (Lipinski definition) is 5. The molecule has 6 aromatic rings. The van der Waals surface area contributed by atoms with Gasteiger partial charge in [-0.15, -0.1) is 5.10 Å². The minimum atomic E-state index is -4.52. The van der Waals surface area contributed by atoms with Gasteiger partial charge in [0.25, 0.3) is 0 Å². The van der Waals surface area contributed by atoms with Gasteiger partial charge in [0.2, 0.25) is 12.5 Å². The quantitative estimate of drug-likeness (QED) is 0.170. The van der Waals surface area contributed by atoms with Crippen molar-refractivity contribution in [2.24, 2.45) is 17.8 Å². The van der Waals surface area contributed by atoms with Gasteiger partial charge in [0.15, 0.2) is 5.82 Å². The van der Waals surface area contributed by atoms with Crippen molar-refractivity contribution in [1.29, 1.82) is 0 Å².